The highest BCUT2D eigenvalue weighted by atomic mass is 32.1. The van der Waals surface area contributed by atoms with Gasteiger partial charge in [0.2, 0.25) is 5.43 Å². The average molecular weight is 473 g/mol. The Morgan fingerprint density at radius 3 is 2.67 bits per heavy atom. The van der Waals surface area contributed by atoms with Gasteiger partial charge in [0, 0.05) is 29.9 Å². The lowest BCUT2D eigenvalue weighted by atomic mass is 9.95. The molecule has 1 saturated carbocycles. The van der Waals surface area contributed by atoms with E-state index in [-0.39, 0.29) is 32.4 Å². The zero-order valence-electron chi connectivity index (χ0n) is 18.1. The summed E-state index contributed by atoms with van der Waals surface area (Å²) in [5, 5.41) is 18.7. The number of benzene rings is 1. The van der Waals surface area contributed by atoms with E-state index in [1.54, 1.807) is 4.90 Å². The van der Waals surface area contributed by atoms with Crippen molar-refractivity contribution in [3.8, 4) is 26.9 Å². The first-order valence-corrected chi connectivity index (χ1v) is 11.5. The van der Waals surface area contributed by atoms with E-state index in [1.165, 1.54) is 12.3 Å². The smallest absolute Gasteiger partial charge is 0.274 e. The number of likely N-dealkylation sites (tertiary alicyclic amines) is 1. The normalized spacial score (nSPS) is 21.4. The number of nitrogens with one attached hydrogen (secondary N) is 1. The maximum Gasteiger partial charge on any atom is 0.274 e. The summed E-state index contributed by atoms with van der Waals surface area (Å²) < 4.78 is 27.3. The summed E-state index contributed by atoms with van der Waals surface area (Å²) in [5.74, 6) is -1.50. The Kier molecular flexibility index (Phi) is 5.08. The number of aromatic amines is 1. The number of hydrogen-bond donors (Lipinski definition) is 2. The summed E-state index contributed by atoms with van der Waals surface area (Å²) in [6.45, 7) is 4.59. The second-order valence-corrected chi connectivity index (χ2v) is 10.3. The second kappa shape index (κ2) is 7.72. The van der Waals surface area contributed by atoms with Crippen LogP contribution in [-0.4, -0.2) is 43.2 Å². The predicted molar refractivity (Wildman–Crippen MR) is 119 cm³/mol. The van der Waals surface area contributed by atoms with Crippen LogP contribution in [-0.2, 0) is 0 Å². The number of carbonyl (C=O) groups is 1. The largest absolute Gasteiger partial charge is 0.503 e. The summed E-state index contributed by atoms with van der Waals surface area (Å²) >= 11 is 0.921. The number of rotatable bonds is 3. The van der Waals surface area contributed by atoms with E-state index in [2.05, 4.69) is 15.2 Å². The number of nitrogens with zero attached hydrogens (tertiary/aromatic N) is 3. The molecule has 2 atom stereocenters. The highest BCUT2D eigenvalue weighted by molar-refractivity contribution is 7.17. The van der Waals surface area contributed by atoms with Crippen molar-refractivity contribution < 1.29 is 18.7 Å². The van der Waals surface area contributed by atoms with E-state index in [0.29, 0.717) is 18.4 Å². The van der Waals surface area contributed by atoms with Gasteiger partial charge in [-0.2, -0.15) is 0 Å². The summed E-state index contributed by atoms with van der Waals surface area (Å²) in [7, 11) is 0. The highest BCUT2D eigenvalue weighted by Gasteiger charge is 2.47. The number of fused-ring (bicyclic) bond motifs is 1. The van der Waals surface area contributed by atoms with Crippen molar-refractivity contribution in [2.45, 2.75) is 38.6 Å². The van der Waals surface area contributed by atoms with Gasteiger partial charge in [-0.3, -0.25) is 9.59 Å². The van der Waals surface area contributed by atoms with Crippen molar-refractivity contribution in [3.05, 3.63) is 51.9 Å². The van der Waals surface area contributed by atoms with E-state index < -0.39 is 28.7 Å². The molecule has 10 heteroatoms. The molecule has 0 bridgehead atoms. The summed E-state index contributed by atoms with van der Waals surface area (Å²) in [6.07, 6.45) is 4.34. The number of aromatic hydroxyl groups is 1. The number of hydrogen-bond acceptors (Lipinski definition) is 6. The molecule has 1 aliphatic heterocycles. The van der Waals surface area contributed by atoms with Crippen LogP contribution < -0.4 is 5.43 Å². The first kappa shape index (κ1) is 21.7. The van der Waals surface area contributed by atoms with Crippen LogP contribution in [0.3, 0.4) is 0 Å². The molecule has 2 aromatic heterocycles. The molecule has 5 rings (SSSR count). The second-order valence-electron chi connectivity index (χ2n) is 9.31. The summed E-state index contributed by atoms with van der Waals surface area (Å²) in [5.41, 5.74) is -1.26. The number of aromatic nitrogens is 3. The molecule has 2 unspecified atom stereocenters. The first-order chi connectivity index (χ1) is 15.7. The molecule has 0 radical (unpaired) electrons. The quantitative estimate of drug-likeness (QED) is 0.595. The molecule has 3 heterocycles. The number of H-pyrrole nitrogens is 1. The number of halogens is 2. The molecule has 172 valence electrons. The fourth-order valence-corrected chi connectivity index (χ4v) is 5.36. The van der Waals surface area contributed by atoms with Crippen LogP contribution in [0.15, 0.2) is 29.2 Å². The van der Waals surface area contributed by atoms with Crippen LogP contribution in [0.4, 0.5) is 8.78 Å². The standard InChI is InChI=1S/C23H22F2N4O3S/c1-23(2)6-5-11-7-12(11)10-29(23)22(32)17-19(31)18(30)15(9-26-17)21-28-27-20(33-21)14-4-3-13(24)8-16(14)25/h3-4,8-9,11-12,31H,5-7,10H2,1-2H3,(H,26,30). The molecule has 1 aliphatic carbocycles. The van der Waals surface area contributed by atoms with Crippen molar-refractivity contribution in [3.63, 3.8) is 0 Å². The Balaban J connectivity index is 1.47. The van der Waals surface area contributed by atoms with Crippen LogP contribution in [0.25, 0.3) is 21.1 Å². The Morgan fingerprint density at radius 2 is 1.94 bits per heavy atom. The SMILES string of the molecule is CC1(C)CCC2CC2CN1C(=O)c1[nH]cc(-c2nnc(-c3ccc(F)cc3F)s2)c(=O)c1O. The van der Waals surface area contributed by atoms with Crippen molar-refractivity contribution in [1.82, 2.24) is 20.1 Å². The lowest BCUT2D eigenvalue weighted by Gasteiger charge is -2.38. The molecule has 1 amide bonds. The van der Waals surface area contributed by atoms with Gasteiger partial charge in [0.25, 0.3) is 5.91 Å². The summed E-state index contributed by atoms with van der Waals surface area (Å²) in [6, 6.07) is 3.09. The zero-order valence-corrected chi connectivity index (χ0v) is 18.9. The molecule has 7 nitrogen and oxygen atoms in total. The molecule has 2 fully saturated rings. The van der Waals surface area contributed by atoms with Gasteiger partial charge in [0.05, 0.1) is 5.56 Å². The van der Waals surface area contributed by atoms with Crippen molar-refractivity contribution in [2.75, 3.05) is 6.54 Å². The van der Waals surface area contributed by atoms with Crippen LogP contribution in [0.1, 0.15) is 43.6 Å². The monoisotopic (exact) mass is 472 g/mol. The van der Waals surface area contributed by atoms with Gasteiger partial charge in [0.1, 0.15) is 11.6 Å². The molecule has 2 N–H and O–H groups in total. The van der Waals surface area contributed by atoms with Crippen LogP contribution in [0.2, 0.25) is 0 Å². The molecular formula is C23H22F2N4O3S. The van der Waals surface area contributed by atoms with Crippen LogP contribution in [0.5, 0.6) is 5.75 Å². The Morgan fingerprint density at radius 1 is 1.21 bits per heavy atom. The van der Waals surface area contributed by atoms with E-state index in [9.17, 15) is 23.5 Å². The van der Waals surface area contributed by atoms with Crippen molar-refractivity contribution in [2.24, 2.45) is 11.8 Å². The number of carbonyl (C=O) groups excluding carboxylic acids is 1. The molecule has 3 aromatic rings. The minimum Gasteiger partial charge on any atom is -0.503 e. The van der Waals surface area contributed by atoms with E-state index in [4.69, 9.17) is 0 Å². The molecule has 1 aromatic carbocycles. The minimum absolute atomic E-state index is 0.00713. The minimum atomic E-state index is -0.798. The molecule has 33 heavy (non-hydrogen) atoms. The van der Waals surface area contributed by atoms with Gasteiger partial charge >= 0.3 is 0 Å². The molecule has 1 saturated heterocycles. The number of pyridine rings is 1. The van der Waals surface area contributed by atoms with E-state index in [1.807, 2.05) is 13.8 Å². The highest BCUT2D eigenvalue weighted by Crippen LogP contribution is 2.48. The molecular weight excluding hydrogens is 450 g/mol. The van der Waals surface area contributed by atoms with Gasteiger partial charge < -0.3 is 15.0 Å². The van der Waals surface area contributed by atoms with Gasteiger partial charge in [-0.25, -0.2) is 8.78 Å². The lowest BCUT2D eigenvalue weighted by molar-refractivity contribution is 0.0525. The van der Waals surface area contributed by atoms with E-state index in [0.717, 1.165) is 42.7 Å². The van der Waals surface area contributed by atoms with Crippen molar-refractivity contribution >= 4 is 17.2 Å². The third-order valence-electron chi connectivity index (χ3n) is 6.68. The number of amides is 1. The van der Waals surface area contributed by atoms with Crippen molar-refractivity contribution in [1.29, 1.82) is 0 Å². The van der Waals surface area contributed by atoms with Gasteiger partial charge in [-0.15, -0.1) is 10.2 Å². The Hall–Kier alpha value is -3.14. The fourth-order valence-electron chi connectivity index (χ4n) is 4.48. The maximum atomic E-state index is 14.1. The first-order valence-electron chi connectivity index (χ1n) is 10.7. The van der Waals surface area contributed by atoms with Gasteiger partial charge in [-0.1, -0.05) is 11.3 Å². The zero-order chi connectivity index (χ0) is 23.5. The van der Waals surface area contributed by atoms with Crippen LogP contribution >= 0.6 is 11.3 Å². The lowest BCUT2D eigenvalue weighted by Crippen LogP contribution is -2.48. The Bertz CT molecular complexity index is 1320. The van der Waals surface area contributed by atoms with E-state index >= 15 is 0 Å². The topological polar surface area (TPSA) is 99.2 Å². The molecule has 2 aliphatic rings. The maximum absolute atomic E-state index is 14.1. The van der Waals surface area contributed by atoms with Gasteiger partial charge in [0.15, 0.2) is 21.5 Å². The fraction of sp³-hybridized carbons (Fsp3) is 0.391. The third-order valence-corrected chi connectivity index (χ3v) is 7.67. The average Bonchev–Trinajstić information content (AvgIpc) is 3.37. The predicted octanol–water partition coefficient (Wildman–Crippen LogP) is 4.19. The van der Waals surface area contributed by atoms with Crippen LogP contribution in [0, 0.1) is 23.5 Å². The summed E-state index contributed by atoms with van der Waals surface area (Å²) in [4.78, 5) is 30.7. The third kappa shape index (κ3) is 3.82. The van der Waals surface area contributed by atoms with Gasteiger partial charge in [-0.05, 0) is 57.1 Å². The molecule has 0 spiro atoms. The Labute approximate surface area is 192 Å².